The molecule has 0 saturated heterocycles. The van der Waals surface area contributed by atoms with Crippen LogP contribution in [0.25, 0.3) is 10.9 Å². The Hall–Kier alpha value is -3.72. The largest absolute Gasteiger partial charge is 0.439 e. The molecule has 0 saturated carbocycles. The number of rotatable bonds is 3. The van der Waals surface area contributed by atoms with Gasteiger partial charge in [0.1, 0.15) is 12.1 Å². The average molecular weight is 429 g/mol. The van der Waals surface area contributed by atoms with Crippen molar-refractivity contribution in [2.45, 2.75) is 45.3 Å². The van der Waals surface area contributed by atoms with Crippen molar-refractivity contribution in [1.82, 2.24) is 29.6 Å². The summed E-state index contributed by atoms with van der Waals surface area (Å²) < 4.78 is 9.67. The van der Waals surface area contributed by atoms with E-state index in [0.29, 0.717) is 30.0 Å². The molecule has 1 aromatic carbocycles. The van der Waals surface area contributed by atoms with Gasteiger partial charge in [0, 0.05) is 48.0 Å². The molecule has 0 radical (unpaired) electrons. The van der Waals surface area contributed by atoms with Crippen LogP contribution in [-0.4, -0.2) is 36.4 Å². The predicted octanol–water partition coefficient (Wildman–Crippen LogP) is 3.48. The summed E-state index contributed by atoms with van der Waals surface area (Å²) in [5, 5.41) is 11.7. The number of amides is 1. The number of hydrogen-bond acceptors (Lipinski definition) is 6. The van der Waals surface area contributed by atoms with Crippen molar-refractivity contribution in [1.29, 1.82) is 0 Å². The first-order chi connectivity index (χ1) is 15.6. The lowest BCUT2D eigenvalue weighted by atomic mass is 10.0. The fourth-order valence-corrected chi connectivity index (χ4v) is 4.49. The van der Waals surface area contributed by atoms with Crippen molar-refractivity contribution in [2.75, 3.05) is 5.32 Å². The van der Waals surface area contributed by atoms with Crippen molar-refractivity contribution in [3.63, 3.8) is 0 Å². The van der Waals surface area contributed by atoms with Gasteiger partial charge in [-0.05, 0) is 50.5 Å². The topological polar surface area (TPSA) is 98.9 Å². The highest BCUT2D eigenvalue weighted by atomic mass is 16.5. The molecule has 4 aromatic rings. The summed E-state index contributed by atoms with van der Waals surface area (Å²) >= 11 is 0. The first kappa shape index (κ1) is 19.0. The van der Waals surface area contributed by atoms with Gasteiger partial charge in [-0.2, -0.15) is 5.10 Å². The summed E-state index contributed by atoms with van der Waals surface area (Å²) in [6.07, 6.45) is 6.23. The third-order valence-electron chi connectivity index (χ3n) is 6.12. The summed E-state index contributed by atoms with van der Waals surface area (Å²) in [6, 6.07) is 9.62. The fraction of sp³-hybridized carbons (Fsp3) is 0.304. The van der Waals surface area contributed by atoms with Crippen LogP contribution in [0, 0.1) is 0 Å². The van der Waals surface area contributed by atoms with E-state index < -0.39 is 0 Å². The number of nitrogens with one attached hydrogen (secondary N) is 2. The number of nitrogens with zero attached hydrogens (tertiary/aromatic N) is 5. The number of fused-ring (bicyclic) bond motifs is 3. The number of carbonyl (C=O) groups is 1. The van der Waals surface area contributed by atoms with Crippen LogP contribution in [0.4, 0.5) is 10.6 Å². The molecule has 2 N–H and O–H groups in total. The smallest absolute Gasteiger partial charge is 0.331 e. The second-order valence-electron chi connectivity index (χ2n) is 8.38. The third kappa shape index (κ3) is 3.31. The van der Waals surface area contributed by atoms with Gasteiger partial charge < -0.3 is 10.1 Å². The van der Waals surface area contributed by atoms with Gasteiger partial charge in [0.25, 0.3) is 0 Å². The number of aromatic nitrogens is 5. The van der Waals surface area contributed by atoms with E-state index in [0.717, 1.165) is 53.7 Å². The molecule has 0 fully saturated rings. The molecule has 9 nitrogen and oxygen atoms in total. The van der Waals surface area contributed by atoms with Gasteiger partial charge in [-0.3, -0.25) is 14.6 Å². The van der Waals surface area contributed by atoms with Crippen molar-refractivity contribution in [3.8, 4) is 11.6 Å². The lowest BCUT2D eigenvalue weighted by Crippen LogP contribution is -2.33. The molecular formula is C23H23N7O2. The third-order valence-corrected chi connectivity index (χ3v) is 6.12. The summed E-state index contributed by atoms with van der Waals surface area (Å²) in [6.45, 7) is 3.76. The molecule has 1 amide bonds. The Morgan fingerprint density at radius 3 is 3.09 bits per heavy atom. The zero-order chi connectivity index (χ0) is 21.7. The number of carbonyl (C=O) groups excluding carboxylic acids is 1. The normalized spacial score (nSPS) is 17.2. The molecule has 0 bridgehead atoms. The summed E-state index contributed by atoms with van der Waals surface area (Å²) in [7, 11) is 0. The molecule has 2 aliphatic rings. The zero-order valence-corrected chi connectivity index (χ0v) is 17.7. The second-order valence-corrected chi connectivity index (χ2v) is 8.38. The van der Waals surface area contributed by atoms with Gasteiger partial charge in [-0.25, -0.2) is 14.8 Å². The van der Waals surface area contributed by atoms with Gasteiger partial charge in [-0.1, -0.05) is 0 Å². The van der Waals surface area contributed by atoms with Crippen LogP contribution in [0.3, 0.4) is 0 Å². The molecule has 0 aliphatic carbocycles. The Kier molecular flexibility index (Phi) is 4.43. The maximum atomic E-state index is 12.8. The Morgan fingerprint density at radius 2 is 2.19 bits per heavy atom. The zero-order valence-electron chi connectivity index (χ0n) is 17.7. The lowest BCUT2D eigenvalue weighted by Gasteiger charge is -2.23. The maximum Gasteiger partial charge on any atom is 0.331 e. The standard InChI is InChI=1S/C23H23N7O2/c1-14-9-18-19(12-24-14)25-13-26-22(18)32-17-4-5-20-15(10-17)6-8-29(20)23(31)27-21-11-16-3-2-7-30(16)28-21/h4-6,8,10-11,13-14,24H,2-3,7,9,12H2,1H3,(H,27,28,31)/t14-/m0/s1. The van der Waals surface area contributed by atoms with Crippen LogP contribution in [0.15, 0.2) is 42.9 Å². The van der Waals surface area contributed by atoms with E-state index in [1.165, 1.54) is 6.33 Å². The molecule has 6 rings (SSSR count). The first-order valence-electron chi connectivity index (χ1n) is 10.9. The van der Waals surface area contributed by atoms with Crippen LogP contribution in [0.1, 0.15) is 30.3 Å². The second kappa shape index (κ2) is 7.45. The Bertz CT molecular complexity index is 1320. The number of hydrogen-bond donors (Lipinski definition) is 2. The molecule has 32 heavy (non-hydrogen) atoms. The van der Waals surface area contributed by atoms with E-state index in [1.807, 2.05) is 35.0 Å². The van der Waals surface area contributed by atoms with Crippen molar-refractivity contribution in [2.24, 2.45) is 0 Å². The molecule has 0 spiro atoms. The molecule has 2 aliphatic heterocycles. The van der Waals surface area contributed by atoms with Gasteiger partial charge >= 0.3 is 6.03 Å². The fourth-order valence-electron chi connectivity index (χ4n) is 4.49. The Labute approximate surface area is 184 Å². The number of aryl methyl sites for hydroxylation is 2. The van der Waals surface area contributed by atoms with Crippen LogP contribution >= 0.6 is 0 Å². The van der Waals surface area contributed by atoms with Gasteiger partial charge in [-0.15, -0.1) is 0 Å². The highest BCUT2D eigenvalue weighted by Crippen LogP contribution is 2.30. The van der Waals surface area contributed by atoms with Crippen molar-refractivity contribution >= 4 is 22.8 Å². The number of benzene rings is 1. The molecular weight excluding hydrogens is 406 g/mol. The van der Waals surface area contributed by atoms with Crippen LogP contribution in [0.5, 0.6) is 11.6 Å². The first-order valence-corrected chi connectivity index (χ1v) is 10.9. The van der Waals surface area contributed by atoms with E-state index >= 15 is 0 Å². The lowest BCUT2D eigenvalue weighted by molar-refractivity contribution is 0.254. The minimum Gasteiger partial charge on any atom is -0.439 e. The molecule has 162 valence electrons. The van der Waals surface area contributed by atoms with E-state index in [1.54, 1.807) is 10.8 Å². The SMILES string of the molecule is C[C@H]1Cc2c(ncnc2Oc2ccc3c(ccn3C(=O)Nc3cc4n(n3)CCC4)c2)CN1. The van der Waals surface area contributed by atoms with Crippen molar-refractivity contribution in [3.05, 3.63) is 59.8 Å². The van der Waals surface area contributed by atoms with Crippen molar-refractivity contribution < 1.29 is 9.53 Å². The highest BCUT2D eigenvalue weighted by molar-refractivity contribution is 5.98. The molecule has 3 aromatic heterocycles. The summed E-state index contributed by atoms with van der Waals surface area (Å²) in [5.74, 6) is 1.85. The quantitative estimate of drug-likeness (QED) is 0.517. The minimum atomic E-state index is -0.239. The summed E-state index contributed by atoms with van der Waals surface area (Å²) in [5.41, 5.74) is 3.98. The monoisotopic (exact) mass is 429 g/mol. The molecule has 5 heterocycles. The Morgan fingerprint density at radius 1 is 1.25 bits per heavy atom. The summed E-state index contributed by atoms with van der Waals surface area (Å²) in [4.78, 5) is 21.6. The van der Waals surface area contributed by atoms with Gasteiger partial charge in [0.15, 0.2) is 5.82 Å². The Balaban J connectivity index is 1.24. The van der Waals surface area contributed by atoms with E-state index in [4.69, 9.17) is 4.74 Å². The van der Waals surface area contributed by atoms with E-state index in [-0.39, 0.29) is 6.03 Å². The predicted molar refractivity (Wildman–Crippen MR) is 119 cm³/mol. The molecule has 1 atom stereocenters. The van der Waals surface area contributed by atoms with Crippen LogP contribution < -0.4 is 15.4 Å². The van der Waals surface area contributed by atoms with Crippen LogP contribution in [-0.2, 0) is 25.9 Å². The average Bonchev–Trinajstić information content (AvgIpc) is 3.48. The number of anilines is 1. The highest BCUT2D eigenvalue weighted by Gasteiger charge is 2.21. The minimum absolute atomic E-state index is 0.239. The van der Waals surface area contributed by atoms with Gasteiger partial charge in [0.2, 0.25) is 5.88 Å². The molecule has 0 unspecified atom stereocenters. The number of ether oxygens (including phenoxy) is 1. The maximum absolute atomic E-state index is 12.8. The molecule has 9 heteroatoms. The van der Waals surface area contributed by atoms with E-state index in [9.17, 15) is 4.79 Å². The van der Waals surface area contributed by atoms with Gasteiger partial charge in [0.05, 0.1) is 11.2 Å². The van der Waals surface area contributed by atoms with Crippen LogP contribution in [0.2, 0.25) is 0 Å². The van der Waals surface area contributed by atoms with E-state index in [2.05, 4.69) is 32.6 Å².